The summed E-state index contributed by atoms with van der Waals surface area (Å²) < 4.78 is 1.17. The van der Waals surface area contributed by atoms with Crippen LogP contribution >= 0.6 is 11.3 Å². The molecule has 0 radical (unpaired) electrons. The Morgan fingerprint density at radius 2 is 2.04 bits per heavy atom. The van der Waals surface area contributed by atoms with Gasteiger partial charge in [0.15, 0.2) is 0 Å². The third-order valence-corrected chi connectivity index (χ3v) is 4.66. The summed E-state index contributed by atoms with van der Waals surface area (Å²) in [6.07, 6.45) is 2.40. The fraction of sp³-hybridized carbons (Fsp3) is 0. The Bertz CT molecular complexity index is 894. The van der Waals surface area contributed by atoms with Crippen LogP contribution in [0.15, 0.2) is 55.1 Å². The Morgan fingerprint density at radius 1 is 1.26 bits per heavy atom. The van der Waals surface area contributed by atoms with E-state index in [0.717, 1.165) is 15.8 Å². The van der Waals surface area contributed by atoms with Gasteiger partial charge in [-0.25, -0.2) is 0 Å². The maximum absolute atomic E-state index is 11.5. The quantitative estimate of drug-likeness (QED) is 0.381. The van der Waals surface area contributed by atoms with E-state index < -0.39 is 0 Å². The van der Waals surface area contributed by atoms with Crippen molar-refractivity contribution in [2.45, 2.75) is 0 Å². The van der Waals surface area contributed by atoms with Crippen LogP contribution in [0.25, 0.3) is 20.5 Å². The molecule has 0 unspecified atom stereocenters. The second kappa shape index (κ2) is 6.06. The average molecular weight is 321 g/mol. The van der Waals surface area contributed by atoms with Crippen molar-refractivity contribution >= 4 is 44.9 Å². The minimum absolute atomic E-state index is 0.298. The van der Waals surface area contributed by atoms with Gasteiger partial charge in [-0.2, -0.15) is 0 Å². The second-order valence-electron chi connectivity index (χ2n) is 5.01. The Kier molecular flexibility index (Phi) is 3.95. The molecular formula is C18H15N3OS. The molecule has 0 saturated carbocycles. The van der Waals surface area contributed by atoms with E-state index in [0.29, 0.717) is 16.9 Å². The van der Waals surface area contributed by atoms with E-state index in [4.69, 9.17) is 11.1 Å². The highest BCUT2D eigenvalue weighted by Gasteiger charge is 2.12. The standard InChI is InChI=1S/C18H15N3OS/c1-2-17(22)21-13-7-12(10-19)18(20)14(9-13)16-8-11-5-3-4-6-15(11)23-16/h2-10,19H,1,20H2,(H,21,22). The molecule has 1 heterocycles. The summed E-state index contributed by atoms with van der Waals surface area (Å²) in [5, 5.41) is 11.4. The minimum atomic E-state index is -0.298. The number of nitrogen functional groups attached to an aromatic ring is 1. The van der Waals surface area contributed by atoms with Crippen molar-refractivity contribution in [1.29, 1.82) is 5.41 Å². The van der Waals surface area contributed by atoms with Crippen molar-refractivity contribution in [3.05, 3.63) is 60.7 Å². The van der Waals surface area contributed by atoms with Crippen molar-refractivity contribution in [1.82, 2.24) is 0 Å². The lowest BCUT2D eigenvalue weighted by atomic mass is 10.0. The zero-order chi connectivity index (χ0) is 16.4. The van der Waals surface area contributed by atoms with E-state index in [1.54, 1.807) is 17.4 Å². The molecule has 0 fully saturated rings. The van der Waals surface area contributed by atoms with Gasteiger partial charge in [0.25, 0.3) is 0 Å². The fourth-order valence-corrected chi connectivity index (χ4v) is 3.47. The first kappa shape index (κ1) is 15.0. The third-order valence-electron chi connectivity index (χ3n) is 3.51. The van der Waals surface area contributed by atoms with Crippen LogP contribution in [0.1, 0.15) is 5.56 Å². The lowest BCUT2D eigenvalue weighted by molar-refractivity contribution is -0.111. The van der Waals surface area contributed by atoms with Gasteiger partial charge in [0.1, 0.15) is 0 Å². The molecule has 0 saturated heterocycles. The van der Waals surface area contributed by atoms with Gasteiger partial charge in [0.05, 0.1) is 0 Å². The Morgan fingerprint density at radius 3 is 2.74 bits per heavy atom. The Hall–Kier alpha value is -2.92. The minimum Gasteiger partial charge on any atom is -0.398 e. The van der Waals surface area contributed by atoms with E-state index in [9.17, 15) is 4.79 Å². The molecule has 5 heteroatoms. The van der Waals surface area contributed by atoms with Crippen LogP contribution < -0.4 is 11.1 Å². The molecule has 0 spiro atoms. The van der Waals surface area contributed by atoms with Gasteiger partial charge in [-0.05, 0) is 35.7 Å². The first-order valence-electron chi connectivity index (χ1n) is 6.98. The molecule has 1 aromatic heterocycles. The van der Waals surface area contributed by atoms with Crippen LogP contribution in [0.4, 0.5) is 11.4 Å². The van der Waals surface area contributed by atoms with Crippen LogP contribution in [0.2, 0.25) is 0 Å². The van der Waals surface area contributed by atoms with Crippen molar-refractivity contribution in [2.75, 3.05) is 11.1 Å². The summed E-state index contributed by atoms with van der Waals surface area (Å²) in [7, 11) is 0. The number of nitrogens with two attached hydrogens (primary N) is 1. The fourth-order valence-electron chi connectivity index (χ4n) is 2.38. The topological polar surface area (TPSA) is 79.0 Å². The molecule has 114 valence electrons. The van der Waals surface area contributed by atoms with E-state index >= 15 is 0 Å². The zero-order valence-corrected chi connectivity index (χ0v) is 13.1. The predicted octanol–water partition coefficient (Wildman–Crippen LogP) is 4.27. The first-order valence-corrected chi connectivity index (χ1v) is 7.80. The largest absolute Gasteiger partial charge is 0.398 e. The van der Waals surface area contributed by atoms with Crippen LogP contribution in [-0.4, -0.2) is 12.1 Å². The summed E-state index contributed by atoms with van der Waals surface area (Å²) in [5.41, 5.74) is 8.71. The van der Waals surface area contributed by atoms with Crippen LogP contribution in [-0.2, 0) is 4.79 Å². The van der Waals surface area contributed by atoms with Crippen molar-refractivity contribution in [3.8, 4) is 10.4 Å². The molecular weight excluding hydrogens is 306 g/mol. The summed E-state index contributed by atoms with van der Waals surface area (Å²) in [6, 6.07) is 13.7. The summed E-state index contributed by atoms with van der Waals surface area (Å²) in [6.45, 7) is 3.45. The molecule has 0 atom stereocenters. The van der Waals surface area contributed by atoms with E-state index in [2.05, 4.69) is 24.0 Å². The SMILES string of the molecule is C=CC(=O)Nc1cc(C=N)c(N)c(-c2cc3ccccc3s2)c1. The number of rotatable bonds is 4. The molecule has 4 N–H and O–H groups in total. The molecule has 0 aliphatic rings. The maximum Gasteiger partial charge on any atom is 0.247 e. The average Bonchev–Trinajstić information content (AvgIpc) is 2.99. The molecule has 0 bridgehead atoms. The summed E-state index contributed by atoms with van der Waals surface area (Å²) in [5.74, 6) is -0.298. The van der Waals surface area contributed by atoms with Gasteiger partial charge in [-0.3, -0.25) is 4.79 Å². The molecule has 3 aromatic rings. The van der Waals surface area contributed by atoms with Gasteiger partial charge >= 0.3 is 0 Å². The van der Waals surface area contributed by atoms with Crippen molar-refractivity contribution in [3.63, 3.8) is 0 Å². The Labute approximate surface area is 137 Å². The van der Waals surface area contributed by atoms with Gasteiger partial charge in [0.2, 0.25) is 5.91 Å². The smallest absolute Gasteiger partial charge is 0.247 e. The second-order valence-corrected chi connectivity index (χ2v) is 6.10. The number of amides is 1. The molecule has 1 amide bonds. The highest BCUT2D eigenvalue weighted by molar-refractivity contribution is 7.22. The number of anilines is 2. The highest BCUT2D eigenvalue weighted by atomic mass is 32.1. The zero-order valence-electron chi connectivity index (χ0n) is 12.3. The third kappa shape index (κ3) is 2.86. The summed E-state index contributed by atoms with van der Waals surface area (Å²) in [4.78, 5) is 12.5. The normalized spacial score (nSPS) is 10.4. The number of carbonyl (C=O) groups excluding carboxylic acids is 1. The van der Waals surface area contributed by atoms with E-state index in [1.807, 2.05) is 24.3 Å². The van der Waals surface area contributed by atoms with E-state index in [1.165, 1.54) is 17.0 Å². The van der Waals surface area contributed by atoms with Gasteiger partial charge in [0, 0.05) is 38.3 Å². The van der Waals surface area contributed by atoms with Crippen LogP contribution in [0, 0.1) is 5.41 Å². The molecule has 2 aromatic carbocycles. The van der Waals surface area contributed by atoms with Gasteiger partial charge in [-0.15, -0.1) is 11.3 Å². The molecule has 0 aliphatic carbocycles. The van der Waals surface area contributed by atoms with Crippen molar-refractivity contribution < 1.29 is 4.79 Å². The number of carbonyl (C=O) groups is 1. The molecule has 23 heavy (non-hydrogen) atoms. The van der Waals surface area contributed by atoms with Crippen molar-refractivity contribution in [2.24, 2.45) is 0 Å². The van der Waals surface area contributed by atoms with Gasteiger partial charge in [-0.1, -0.05) is 24.8 Å². The lowest BCUT2D eigenvalue weighted by Crippen LogP contribution is -2.08. The summed E-state index contributed by atoms with van der Waals surface area (Å²) >= 11 is 1.63. The molecule has 0 aliphatic heterocycles. The molecule has 3 rings (SSSR count). The number of benzene rings is 2. The van der Waals surface area contributed by atoms with Crippen LogP contribution in [0.5, 0.6) is 0 Å². The maximum atomic E-state index is 11.5. The van der Waals surface area contributed by atoms with Gasteiger partial charge < -0.3 is 16.5 Å². The predicted molar refractivity (Wildman–Crippen MR) is 98.4 cm³/mol. The number of hydrogen-bond acceptors (Lipinski definition) is 4. The number of nitrogens with one attached hydrogen (secondary N) is 2. The number of fused-ring (bicyclic) bond motifs is 1. The Balaban J connectivity index is 2.16. The molecule has 4 nitrogen and oxygen atoms in total. The van der Waals surface area contributed by atoms with Crippen LogP contribution in [0.3, 0.4) is 0 Å². The lowest BCUT2D eigenvalue weighted by Gasteiger charge is -2.11. The highest BCUT2D eigenvalue weighted by Crippen LogP contribution is 2.38. The first-order chi connectivity index (χ1) is 11.1. The van der Waals surface area contributed by atoms with E-state index in [-0.39, 0.29) is 5.91 Å². The monoisotopic (exact) mass is 321 g/mol. The number of thiophene rings is 1. The number of hydrogen-bond donors (Lipinski definition) is 3.